The van der Waals surface area contributed by atoms with E-state index in [9.17, 15) is 15.0 Å². The molecule has 0 aliphatic rings. The highest BCUT2D eigenvalue weighted by molar-refractivity contribution is 6.32. The van der Waals surface area contributed by atoms with Gasteiger partial charge in [0.05, 0.1) is 22.5 Å². The smallest absolute Gasteiger partial charge is 0.171 e. The number of rotatable bonds is 4. The fourth-order valence-electron chi connectivity index (χ4n) is 2.23. The molecule has 0 saturated heterocycles. The maximum absolute atomic E-state index is 12.3. The molecular formula is C17H13ClN2O3. The molecule has 0 aliphatic heterocycles. The van der Waals surface area contributed by atoms with Crippen LogP contribution in [0.2, 0.25) is 5.02 Å². The lowest BCUT2D eigenvalue weighted by molar-refractivity contribution is 0.0990. The van der Waals surface area contributed by atoms with E-state index in [1.54, 1.807) is 17.1 Å². The number of benzene rings is 2. The monoisotopic (exact) mass is 328 g/mol. The lowest BCUT2D eigenvalue weighted by Gasteiger charge is -2.05. The van der Waals surface area contributed by atoms with Gasteiger partial charge in [0, 0.05) is 18.7 Å². The van der Waals surface area contributed by atoms with Crippen molar-refractivity contribution in [1.29, 1.82) is 0 Å². The first-order valence-corrected chi connectivity index (χ1v) is 7.26. The molecule has 0 radical (unpaired) electrons. The van der Waals surface area contributed by atoms with E-state index in [-0.39, 0.29) is 34.3 Å². The predicted octanol–water partition coefficient (Wildman–Crippen LogP) is 3.36. The Labute approximate surface area is 137 Å². The Bertz CT molecular complexity index is 860. The first kappa shape index (κ1) is 15.1. The van der Waals surface area contributed by atoms with Gasteiger partial charge in [0.1, 0.15) is 11.5 Å². The Morgan fingerprint density at radius 1 is 1.13 bits per heavy atom. The van der Waals surface area contributed by atoms with Gasteiger partial charge in [-0.25, -0.2) is 4.68 Å². The molecule has 116 valence electrons. The molecular weight excluding hydrogens is 316 g/mol. The number of phenols is 2. The van der Waals surface area contributed by atoms with Gasteiger partial charge in [-0.2, -0.15) is 5.10 Å². The van der Waals surface area contributed by atoms with Crippen molar-refractivity contribution in [2.24, 2.45) is 0 Å². The maximum atomic E-state index is 12.3. The molecule has 5 nitrogen and oxygen atoms in total. The number of nitrogens with zero attached hydrogens (tertiary/aromatic N) is 2. The summed E-state index contributed by atoms with van der Waals surface area (Å²) in [5.41, 5.74) is 1.67. The van der Waals surface area contributed by atoms with E-state index < -0.39 is 0 Å². The van der Waals surface area contributed by atoms with E-state index in [0.29, 0.717) is 5.56 Å². The SMILES string of the molecule is O=C(Cc1cnn(-c2ccccc2)c1)c1cc(Cl)c(O)cc1O. The number of Topliss-reactive ketones (excluding diaryl/α,β-unsaturated/α-hetero) is 1. The highest BCUT2D eigenvalue weighted by Crippen LogP contribution is 2.31. The molecule has 1 heterocycles. The van der Waals surface area contributed by atoms with E-state index in [0.717, 1.165) is 11.8 Å². The van der Waals surface area contributed by atoms with Crippen LogP contribution in [0, 0.1) is 0 Å². The van der Waals surface area contributed by atoms with Crippen LogP contribution < -0.4 is 0 Å². The molecule has 2 aromatic carbocycles. The number of ketones is 1. The Morgan fingerprint density at radius 3 is 2.61 bits per heavy atom. The molecule has 0 fully saturated rings. The van der Waals surface area contributed by atoms with Crippen LogP contribution in [0.3, 0.4) is 0 Å². The number of hydrogen-bond donors (Lipinski definition) is 2. The minimum absolute atomic E-state index is 0.0196. The van der Waals surface area contributed by atoms with Crippen molar-refractivity contribution >= 4 is 17.4 Å². The van der Waals surface area contributed by atoms with Crippen LogP contribution >= 0.6 is 11.6 Å². The summed E-state index contributed by atoms with van der Waals surface area (Å²) < 4.78 is 1.67. The topological polar surface area (TPSA) is 75.4 Å². The first-order chi connectivity index (χ1) is 11.0. The van der Waals surface area contributed by atoms with Crippen molar-refractivity contribution in [3.05, 3.63) is 71.0 Å². The summed E-state index contributed by atoms with van der Waals surface area (Å²) >= 11 is 5.79. The van der Waals surface area contributed by atoms with E-state index in [1.165, 1.54) is 6.07 Å². The number of halogens is 1. The minimum Gasteiger partial charge on any atom is -0.507 e. The van der Waals surface area contributed by atoms with Crippen LogP contribution in [-0.2, 0) is 6.42 Å². The Kier molecular flexibility index (Phi) is 4.04. The van der Waals surface area contributed by atoms with Crippen LogP contribution in [0.5, 0.6) is 11.5 Å². The third-order valence-corrected chi connectivity index (χ3v) is 3.69. The summed E-state index contributed by atoms with van der Waals surface area (Å²) in [6, 6.07) is 11.8. The van der Waals surface area contributed by atoms with E-state index in [1.807, 2.05) is 30.3 Å². The first-order valence-electron chi connectivity index (χ1n) is 6.88. The van der Waals surface area contributed by atoms with Crippen molar-refractivity contribution < 1.29 is 15.0 Å². The van der Waals surface area contributed by atoms with E-state index in [2.05, 4.69) is 5.10 Å². The molecule has 3 aromatic rings. The largest absolute Gasteiger partial charge is 0.507 e. The predicted molar refractivity (Wildman–Crippen MR) is 86.4 cm³/mol. The molecule has 3 rings (SSSR count). The number of carbonyl (C=O) groups excluding carboxylic acids is 1. The average Bonchev–Trinajstić information content (AvgIpc) is 3.00. The standard InChI is InChI=1S/C17H13ClN2O3/c18-14-7-13(16(22)8-17(14)23)15(21)6-11-9-19-20(10-11)12-4-2-1-3-5-12/h1-5,7-10,22-23H,6H2. The molecule has 0 spiro atoms. The number of aromatic nitrogens is 2. The van der Waals surface area contributed by atoms with E-state index >= 15 is 0 Å². The van der Waals surface area contributed by atoms with Gasteiger partial charge in [-0.1, -0.05) is 29.8 Å². The number of hydrogen-bond acceptors (Lipinski definition) is 4. The fraction of sp³-hybridized carbons (Fsp3) is 0.0588. The van der Waals surface area contributed by atoms with Crippen LogP contribution in [0.25, 0.3) is 5.69 Å². The number of carbonyl (C=O) groups is 1. The molecule has 2 N–H and O–H groups in total. The number of aromatic hydroxyl groups is 2. The van der Waals surface area contributed by atoms with Crippen LogP contribution in [0.1, 0.15) is 15.9 Å². The second kappa shape index (κ2) is 6.14. The molecule has 0 bridgehead atoms. The van der Waals surface area contributed by atoms with Gasteiger partial charge in [0.25, 0.3) is 0 Å². The molecule has 0 amide bonds. The third kappa shape index (κ3) is 3.19. The normalized spacial score (nSPS) is 10.7. The molecule has 0 aliphatic carbocycles. The fourth-order valence-corrected chi connectivity index (χ4v) is 2.39. The van der Waals surface area contributed by atoms with Crippen molar-refractivity contribution in [2.75, 3.05) is 0 Å². The maximum Gasteiger partial charge on any atom is 0.171 e. The van der Waals surface area contributed by atoms with E-state index in [4.69, 9.17) is 11.6 Å². The minimum atomic E-state index is -0.308. The lowest BCUT2D eigenvalue weighted by atomic mass is 10.0. The van der Waals surface area contributed by atoms with Gasteiger partial charge in [-0.05, 0) is 23.8 Å². The summed E-state index contributed by atoms with van der Waals surface area (Å²) in [4.78, 5) is 12.3. The van der Waals surface area contributed by atoms with Crippen molar-refractivity contribution in [1.82, 2.24) is 9.78 Å². The molecule has 23 heavy (non-hydrogen) atoms. The summed E-state index contributed by atoms with van der Waals surface area (Å²) in [5.74, 6) is -0.873. The van der Waals surface area contributed by atoms with Gasteiger partial charge in [-0.15, -0.1) is 0 Å². The highest BCUT2D eigenvalue weighted by Gasteiger charge is 2.16. The van der Waals surface area contributed by atoms with Crippen LogP contribution in [0.15, 0.2) is 54.9 Å². The average molecular weight is 329 g/mol. The Balaban J connectivity index is 1.82. The van der Waals surface area contributed by atoms with Gasteiger partial charge in [-0.3, -0.25) is 4.79 Å². The molecule has 0 unspecified atom stereocenters. The zero-order valence-corrected chi connectivity index (χ0v) is 12.7. The van der Waals surface area contributed by atoms with Gasteiger partial charge < -0.3 is 10.2 Å². The number of phenolic OH excluding ortho intramolecular Hbond substituents is 2. The van der Waals surface area contributed by atoms with Crippen LogP contribution in [-0.4, -0.2) is 25.8 Å². The Morgan fingerprint density at radius 2 is 1.87 bits per heavy atom. The molecule has 1 aromatic heterocycles. The van der Waals surface area contributed by atoms with Crippen LogP contribution in [0.4, 0.5) is 0 Å². The number of para-hydroxylation sites is 1. The second-order valence-electron chi connectivity index (χ2n) is 5.05. The zero-order chi connectivity index (χ0) is 16.4. The van der Waals surface area contributed by atoms with Gasteiger partial charge in [0.15, 0.2) is 5.78 Å². The Hall–Kier alpha value is -2.79. The summed E-state index contributed by atoms with van der Waals surface area (Å²) in [5, 5.41) is 23.4. The molecule has 0 atom stereocenters. The molecule has 6 heteroatoms. The zero-order valence-electron chi connectivity index (χ0n) is 12.0. The quantitative estimate of drug-likeness (QED) is 0.720. The lowest BCUT2D eigenvalue weighted by Crippen LogP contribution is -2.03. The van der Waals surface area contributed by atoms with Gasteiger partial charge >= 0.3 is 0 Å². The van der Waals surface area contributed by atoms with Gasteiger partial charge in [0.2, 0.25) is 0 Å². The summed E-state index contributed by atoms with van der Waals surface area (Å²) in [6.07, 6.45) is 3.43. The molecule has 0 saturated carbocycles. The summed E-state index contributed by atoms with van der Waals surface area (Å²) in [7, 11) is 0. The summed E-state index contributed by atoms with van der Waals surface area (Å²) in [6.45, 7) is 0. The third-order valence-electron chi connectivity index (χ3n) is 3.39. The highest BCUT2D eigenvalue weighted by atomic mass is 35.5. The second-order valence-corrected chi connectivity index (χ2v) is 5.46. The van der Waals surface area contributed by atoms with Crippen molar-refractivity contribution in [3.8, 4) is 17.2 Å². The van der Waals surface area contributed by atoms with Crippen molar-refractivity contribution in [3.63, 3.8) is 0 Å². The van der Waals surface area contributed by atoms with Crippen molar-refractivity contribution in [2.45, 2.75) is 6.42 Å².